The van der Waals surface area contributed by atoms with E-state index in [1.54, 1.807) is 0 Å². The van der Waals surface area contributed by atoms with Crippen molar-refractivity contribution in [2.75, 3.05) is 6.61 Å². The minimum Gasteiger partial charge on any atom is -0.353 e. The first-order valence-electron chi connectivity index (χ1n) is 7.47. The number of hydrogen-bond donors (Lipinski definition) is 0. The van der Waals surface area contributed by atoms with Crippen LogP contribution in [-0.2, 0) is 9.47 Å². The molecule has 0 radical (unpaired) electrons. The van der Waals surface area contributed by atoms with Crippen molar-refractivity contribution in [3.8, 4) is 0 Å². The average Bonchev–Trinajstić information content (AvgIpc) is 2.56. The van der Waals surface area contributed by atoms with Crippen molar-refractivity contribution in [2.45, 2.75) is 78.1 Å². The molecule has 0 N–H and O–H groups in total. The Morgan fingerprint density at radius 2 is 1.94 bits per heavy atom. The molecule has 1 saturated carbocycles. The van der Waals surface area contributed by atoms with Gasteiger partial charge in [0.25, 0.3) is 0 Å². The minimum absolute atomic E-state index is 0.00532. The Morgan fingerprint density at radius 1 is 1.28 bits per heavy atom. The fraction of sp³-hybridized carbons (Fsp3) is 0.875. The maximum absolute atomic E-state index is 6.30. The van der Waals surface area contributed by atoms with Gasteiger partial charge in [-0.25, -0.2) is 0 Å². The Kier molecular flexibility index (Phi) is 4.18. The molecule has 1 atom stereocenters. The topological polar surface area (TPSA) is 18.5 Å². The highest BCUT2D eigenvalue weighted by Gasteiger charge is 2.45. The Hall–Kier alpha value is -0.340. The quantitative estimate of drug-likeness (QED) is 0.676. The van der Waals surface area contributed by atoms with Crippen LogP contribution in [0.5, 0.6) is 0 Å². The van der Waals surface area contributed by atoms with Crippen LogP contribution in [0.4, 0.5) is 0 Å². The largest absolute Gasteiger partial charge is 0.353 e. The standard InChI is InChI=1S/C16H28O2/c1-5-17-14-11-13(12-15(2,3)4)16(18-14)9-7-6-8-10-16/h12,14H,5-11H2,1-4H3/b13-12+. The number of hydrogen-bond acceptors (Lipinski definition) is 2. The Morgan fingerprint density at radius 3 is 2.50 bits per heavy atom. The van der Waals surface area contributed by atoms with E-state index >= 15 is 0 Å². The Balaban J connectivity index is 2.20. The third-order valence-electron chi connectivity index (χ3n) is 3.95. The van der Waals surface area contributed by atoms with Crippen molar-refractivity contribution in [1.29, 1.82) is 0 Å². The van der Waals surface area contributed by atoms with Crippen molar-refractivity contribution in [2.24, 2.45) is 5.41 Å². The number of allylic oxidation sites excluding steroid dienone is 1. The molecular weight excluding hydrogens is 224 g/mol. The van der Waals surface area contributed by atoms with E-state index in [1.807, 2.05) is 6.92 Å². The molecular formula is C16H28O2. The molecule has 0 aromatic heterocycles. The molecule has 2 fully saturated rings. The van der Waals surface area contributed by atoms with Crippen LogP contribution in [0.25, 0.3) is 0 Å². The van der Waals surface area contributed by atoms with E-state index in [9.17, 15) is 0 Å². The van der Waals surface area contributed by atoms with Gasteiger partial charge in [-0.05, 0) is 30.8 Å². The molecule has 1 spiro atoms. The maximum atomic E-state index is 6.30. The molecule has 1 unspecified atom stereocenters. The summed E-state index contributed by atoms with van der Waals surface area (Å²) in [6.07, 6.45) is 9.68. The van der Waals surface area contributed by atoms with Crippen LogP contribution < -0.4 is 0 Å². The van der Waals surface area contributed by atoms with Crippen LogP contribution >= 0.6 is 0 Å². The van der Waals surface area contributed by atoms with Crippen molar-refractivity contribution < 1.29 is 9.47 Å². The zero-order chi connectivity index (χ0) is 13.2. The summed E-state index contributed by atoms with van der Waals surface area (Å²) < 4.78 is 12.0. The van der Waals surface area contributed by atoms with Gasteiger partial charge >= 0.3 is 0 Å². The lowest BCUT2D eigenvalue weighted by atomic mass is 9.77. The minimum atomic E-state index is -0.0123. The van der Waals surface area contributed by atoms with Crippen LogP contribution in [0.2, 0.25) is 0 Å². The molecule has 18 heavy (non-hydrogen) atoms. The van der Waals surface area contributed by atoms with E-state index in [1.165, 1.54) is 37.7 Å². The fourth-order valence-electron chi connectivity index (χ4n) is 3.29. The molecule has 2 rings (SSSR count). The molecule has 0 aromatic rings. The lowest BCUT2D eigenvalue weighted by Gasteiger charge is -2.35. The summed E-state index contributed by atoms with van der Waals surface area (Å²) in [6, 6.07) is 0. The molecule has 0 aromatic carbocycles. The monoisotopic (exact) mass is 252 g/mol. The van der Waals surface area contributed by atoms with Gasteiger partial charge in [-0.3, -0.25) is 0 Å². The van der Waals surface area contributed by atoms with Crippen LogP contribution in [0.1, 0.15) is 66.2 Å². The van der Waals surface area contributed by atoms with E-state index < -0.39 is 0 Å². The van der Waals surface area contributed by atoms with Crippen LogP contribution in [0.15, 0.2) is 11.6 Å². The molecule has 0 amide bonds. The molecule has 2 heteroatoms. The lowest BCUT2D eigenvalue weighted by molar-refractivity contribution is -0.170. The molecule has 1 aliphatic carbocycles. The van der Waals surface area contributed by atoms with E-state index in [0.717, 1.165) is 13.0 Å². The van der Waals surface area contributed by atoms with E-state index in [4.69, 9.17) is 9.47 Å². The van der Waals surface area contributed by atoms with Crippen LogP contribution in [-0.4, -0.2) is 18.5 Å². The predicted molar refractivity (Wildman–Crippen MR) is 74.5 cm³/mol. The van der Waals surface area contributed by atoms with Gasteiger partial charge in [-0.15, -0.1) is 0 Å². The summed E-state index contributed by atoms with van der Waals surface area (Å²) in [5.41, 5.74) is 1.73. The Labute approximate surface area is 112 Å². The van der Waals surface area contributed by atoms with E-state index in [0.29, 0.717) is 0 Å². The van der Waals surface area contributed by atoms with Crippen molar-refractivity contribution in [1.82, 2.24) is 0 Å². The third kappa shape index (κ3) is 3.16. The SMILES string of the molecule is CCOC1C/C(=C\C(C)(C)C)C2(CCCCC2)O1. The summed E-state index contributed by atoms with van der Waals surface area (Å²) in [4.78, 5) is 0. The van der Waals surface area contributed by atoms with E-state index in [-0.39, 0.29) is 17.3 Å². The second-order valence-electron chi connectivity index (χ2n) is 6.80. The summed E-state index contributed by atoms with van der Waals surface area (Å²) >= 11 is 0. The second-order valence-corrected chi connectivity index (χ2v) is 6.80. The number of rotatable bonds is 2. The molecule has 1 aliphatic heterocycles. The summed E-state index contributed by atoms with van der Waals surface area (Å²) in [7, 11) is 0. The molecule has 0 bridgehead atoms. The van der Waals surface area contributed by atoms with Gasteiger partial charge in [0.05, 0.1) is 5.60 Å². The van der Waals surface area contributed by atoms with Crippen molar-refractivity contribution in [3.05, 3.63) is 11.6 Å². The first-order valence-corrected chi connectivity index (χ1v) is 7.47. The van der Waals surface area contributed by atoms with Crippen molar-refractivity contribution in [3.63, 3.8) is 0 Å². The lowest BCUT2D eigenvalue weighted by Crippen LogP contribution is -2.34. The molecule has 2 nitrogen and oxygen atoms in total. The summed E-state index contributed by atoms with van der Waals surface area (Å²) in [5.74, 6) is 0. The second kappa shape index (κ2) is 5.34. The summed E-state index contributed by atoms with van der Waals surface area (Å²) in [6.45, 7) is 9.59. The van der Waals surface area contributed by atoms with Crippen LogP contribution in [0, 0.1) is 5.41 Å². The highest BCUT2D eigenvalue weighted by atomic mass is 16.7. The molecule has 1 saturated heterocycles. The van der Waals surface area contributed by atoms with Crippen molar-refractivity contribution >= 4 is 0 Å². The Bertz CT molecular complexity index is 306. The van der Waals surface area contributed by atoms with Gasteiger partial charge in [0, 0.05) is 13.0 Å². The smallest absolute Gasteiger partial charge is 0.162 e. The number of ether oxygens (including phenoxy) is 2. The zero-order valence-corrected chi connectivity index (χ0v) is 12.4. The van der Waals surface area contributed by atoms with Gasteiger partial charge in [0.15, 0.2) is 6.29 Å². The molecule has 104 valence electrons. The first kappa shape index (κ1) is 14.1. The predicted octanol–water partition coefficient (Wildman–Crippen LogP) is 4.44. The van der Waals surface area contributed by atoms with E-state index in [2.05, 4.69) is 26.8 Å². The maximum Gasteiger partial charge on any atom is 0.162 e. The van der Waals surface area contributed by atoms with Gasteiger partial charge in [0.1, 0.15) is 0 Å². The normalized spacial score (nSPS) is 30.2. The van der Waals surface area contributed by atoms with Gasteiger partial charge in [0.2, 0.25) is 0 Å². The summed E-state index contributed by atoms with van der Waals surface area (Å²) in [5, 5.41) is 0. The average molecular weight is 252 g/mol. The van der Waals surface area contributed by atoms with Gasteiger partial charge in [-0.2, -0.15) is 0 Å². The molecule has 2 aliphatic rings. The molecule has 1 heterocycles. The third-order valence-corrected chi connectivity index (χ3v) is 3.95. The highest BCUT2D eigenvalue weighted by molar-refractivity contribution is 5.24. The first-order chi connectivity index (χ1) is 8.45. The van der Waals surface area contributed by atoms with Gasteiger partial charge in [-0.1, -0.05) is 46.1 Å². The van der Waals surface area contributed by atoms with Crippen LogP contribution in [0.3, 0.4) is 0 Å². The zero-order valence-electron chi connectivity index (χ0n) is 12.4. The highest BCUT2D eigenvalue weighted by Crippen LogP contribution is 2.47. The van der Waals surface area contributed by atoms with Gasteiger partial charge < -0.3 is 9.47 Å². The fourth-order valence-corrected chi connectivity index (χ4v) is 3.29.